The third-order valence-electron chi connectivity index (χ3n) is 1.30. The molecular weight excluding hydrogens is 187 g/mol. The highest BCUT2D eigenvalue weighted by Crippen LogP contribution is 2.21. The smallest absolute Gasteiger partial charge is 0.337 e. The highest BCUT2D eigenvalue weighted by molar-refractivity contribution is 5.72. The number of nitrogens with one attached hydrogen (secondary N) is 2. The zero-order chi connectivity index (χ0) is 10.3. The number of amides is 2. The molecule has 0 aromatic heterocycles. The van der Waals surface area contributed by atoms with E-state index in [0.29, 0.717) is 0 Å². The standard InChI is InChI=1S/C6H12F3N3O/c7-6(8,9)3-1-2-4-11-5(13)12-10/h1-4,10H2,(H2,11,12,13). The molecule has 0 spiro atoms. The number of hydrazine groups is 1. The molecule has 0 atom stereocenters. The van der Waals surface area contributed by atoms with Crippen LogP contribution in [0.4, 0.5) is 18.0 Å². The largest absolute Gasteiger partial charge is 0.389 e. The van der Waals surface area contributed by atoms with E-state index < -0.39 is 18.6 Å². The van der Waals surface area contributed by atoms with Crippen molar-refractivity contribution in [2.45, 2.75) is 25.4 Å². The summed E-state index contributed by atoms with van der Waals surface area (Å²) < 4.78 is 34.8. The Morgan fingerprint density at radius 2 is 1.92 bits per heavy atom. The van der Waals surface area contributed by atoms with Crippen molar-refractivity contribution in [2.24, 2.45) is 5.84 Å². The Bertz CT molecular complexity index is 160. The fraction of sp³-hybridized carbons (Fsp3) is 0.833. The molecule has 7 heteroatoms. The minimum absolute atomic E-state index is 0.00829. The second kappa shape index (κ2) is 5.63. The lowest BCUT2D eigenvalue weighted by Gasteiger charge is -2.06. The minimum atomic E-state index is -4.11. The van der Waals surface area contributed by atoms with Gasteiger partial charge in [-0.05, 0) is 12.8 Å². The zero-order valence-corrected chi connectivity index (χ0v) is 6.95. The number of hydrogen-bond acceptors (Lipinski definition) is 2. The monoisotopic (exact) mass is 199 g/mol. The van der Waals surface area contributed by atoms with Gasteiger partial charge < -0.3 is 5.32 Å². The molecule has 0 saturated carbocycles. The molecule has 0 rings (SSSR count). The fourth-order valence-electron chi connectivity index (χ4n) is 0.703. The first-order chi connectivity index (χ1) is 5.95. The number of unbranched alkanes of at least 4 members (excludes halogenated alkanes) is 1. The van der Waals surface area contributed by atoms with Crippen molar-refractivity contribution < 1.29 is 18.0 Å². The van der Waals surface area contributed by atoms with Crippen LogP contribution in [0, 0.1) is 0 Å². The second-order valence-corrected chi connectivity index (χ2v) is 2.47. The van der Waals surface area contributed by atoms with E-state index in [1.165, 1.54) is 0 Å². The van der Waals surface area contributed by atoms with E-state index in [2.05, 4.69) is 5.32 Å². The molecule has 0 aliphatic rings. The van der Waals surface area contributed by atoms with E-state index in [-0.39, 0.29) is 19.4 Å². The van der Waals surface area contributed by atoms with Crippen LogP contribution >= 0.6 is 0 Å². The summed E-state index contributed by atoms with van der Waals surface area (Å²) in [6.45, 7) is 0.194. The molecule has 0 radical (unpaired) electrons. The summed E-state index contributed by atoms with van der Waals surface area (Å²) in [7, 11) is 0. The molecule has 2 amide bonds. The molecule has 0 aromatic carbocycles. The van der Waals surface area contributed by atoms with Crippen molar-refractivity contribution in [3.8, 4) is 0 Å². The average molecular weight is 199 g/mol. The topological polar surface area (TPSA) is 67.1 Å². The number of carbonyl (C=O) groups is 1. The molecule has 0 aliphatic carbocycles. The Labute approximate surface area is 73.6 Å². The molecule has 0 bridgehead atoms. The Kier molecular flexibility index (Phi) is 5.20. The van der Waals surface area contributed by atoms with Crippen LogP contribution in [-0.2, 0) is 0 Å². The van der Waals surface area contributed by atoms with Crippen LogP contribution in [0.25, 0.3) is 0 Å². The van der Waals surface area contributed by atoms with Gasteiger partial charge in [-0.1, -0.05) is 0 Å². The van der Waals surface area contributed by atoms with Crippen LogP contribution < -0.4 is 16.6 Å². The van der Waals surface area contributed by atoms with E-state index in [4.69, 9.17) is 5.84 Å². The van der Waals surface area contributed by atoms with Gasteiger partial charge >= 0.3 is 12.2 Å². The predicted molar refractivity (Wildman–Crippen MR) is 40.6 cm³/mol. The van der Waals surface area contributed by atoms with Gasteiger partial charge in [0.2, 0.25) is 0 Å². The summed E-state index contributed by atoms with van der Waals surface area (Å²) in [5, 5.41) is 2.28. The van der Waals surface area contributed by atoms with Crippen molar-refractivity contribution in [2.75, 3.05) is 6.54 Å². The fourth-order valence-corrected chi connectivity index (χ4v) is 0.703. The molecule has 0 fully saturated rings. The molecule has 4 N–H and O–H groups in total. The molecule has 78 valence electrons. The van der Waals surface area contributed by atoms with Crippen molar-refractivity contribution in [3.63, 3.8) is 0 Å². The third-order valence-corrected chi connectivity index (χ3v) is 1.30. The lowest BCUT2D eigenvalue weighted by atomic mass is 10.2. The lowest BCUT2D eigenvalue weighted by molar-refractivity contribution is -0.135. The van der Waals surface area contributed by atoms with E-state index in [1.807, 2.05) is 0 Å². The molecule has 13 heavy (non-hydrogen) atoms. The first kappa shape index (κ1) is 12.0. The summed E-state index contributed by atoms with van der Waals surface area (Å²) in [5.74, 6) is 4.71. The Morgan fingerprint density at radius 1 is 1.31 bits per heavy atom. The maximum absolute atomic E-state index is 11.6. The Morgan fingerprint density at radius 3 is 2.38 bits per heavy atom. The summed E-state index contributed by atoms with van der Waals surface area (Å²) in [5.41, 5.74) is 1.80. The van der Waals surface area contributed by atoms with Gasteiger partial charge in [0.1, 0.15) is 0 Å². The van der Waals surface area contributed by atoms with E-state index in [1.54, 1.807) is 5.43 Å². The zero-order valence-electron chi connectivity index (χ0n) is 6.95. The first-order valence-electron chi connectivity index (χ1n) is 3.77. The number of hydrogen-bond donors (Lipinski definition) is 3. The highest BCUT2D eigenvalue weighted by atomic mass is 19.4. The van der Waals surface area contributed by atoms with Crippen molar-refractivity contribution in [1.82, 2.24) is 10.7 Å². The van der Waals surface area contributed by atoms with Crippen LogP contribution in [-0.4, -0.2) is 18.8 Å². The summed E-state index contributed by atoms with van der Waals surface area (Å²) in [6.07, 6.45) is -4.64. The molecule has 0 heterocycles. The molecular formula is C6H12F3N3O. The number of urea groups is 1. The van der Waals surface area contributed by atoms with Gasteiger partial charge in [0, 0.05) is 13.0 Å². The Hall–Kier alpha value is -0.980. The van der Waals surface area contributed by atoms with Gasteiger partial charge in [-0.2, -0.15) is 13.2 Å². The normalized spacial score (nSPS) is 11.1. The van der Waals surface area contributed by atoms with Crippen molar-refractivity contribution in [1.29, 1.82) is 0 Å². The molecule has 4 nitrogen and oxygen atoms in total. The molecule has 0 saturated heterocycles. The van der Waals surface area contributed by atoms with Gasteiger partial charge in [0.15, 0.2) is 0 Å². The van der Waals surface area contributed by atoms with Gasteiger partial charge in [-0.3, -0.25) is 5.43 Å². The third kappa shape index (κ3) is 8.93. The number of nitrogens with two attached hydrogens (primary N) is 1. The van der Waals surface area contributed by atoms with E-state index in [9.17, 15) is 18.0 Å². The SMILES string of the molecule is NNC(=O)NCCCCC(F)(F)F. The van der Waals surface area contributed by atoms with Crippen molar-refractivity contribution in [3.05, 3.63) is 0 Å². The first-order valence-corrected chi connectivity index (χ1v) is 3.77. The predicted octanol–water partition coefficient (Wildman–Crippen LogP) is 0.892. The maximum Gasteiger partial charge on any atom is 0.389 e. The molecule has 0 unspecified atom stereocenters. The minimum Gasteiger partial charge on any atom is -0.337 e. The Balaban J connectivity index is 3.22. The molecule has 0 aliphatic heterocycles. The number of rotatable bonds is 4. The number of halogens is 3. The van der Waals surface area contributed by atoms with Crippen LogP contribution in [0.1, 0.15) is 19.3 Å². The van der Waals surface area contributed by atoms with Crippen LogP contribution in [0.2, 0.25) is 0 Å². The van der Waals surface area contributed by atoms with Crippen molar-refractivity contribution >= 4 is 6.03 Å². The van der Waals surface area contributed by atoms with Crippen LogP contribution in [0.3, 0.4) is 0 Å². The van der Waals surface area contributed by atoms with Crippen LogP contribution in [0.5, 0.6) is 0 Å². The van der Waals surface area contributed by atoms with Gasteiger partial charge in [0.05, 0.1) is 0 Å². The second-order valence-electron chi connectivity index (χ2n) is 2.47. The summed E-state index contributed by atoms with van der Waals surface area (Å²) in [4.78, 5) is 10.4. The molecule has 0 aromatic rings. The van der Waals surface area contributed by atoms with Gasteiger partial charge in [-0.25, -0.2) is 10.6 Å². The average Bonchev–Trinajstić information content (AvgIpc) is 2.01. The number of carbonyl (C=O) groups excluding carboxylic acids is 1. The summed E-state index contributed by atoms with van der Waals surface area (Å²) >= 11 is 0. The van der Waals surface area contributed by atoms with Gasteiger partial charge in [0.25, 0.3) is 0 Å². The van der Waals surface area contributed by atoms with Crippen LogP contribution in [0.15, 0.2) is 0 Å². The maximum atomic E-state index is 11.6. The number of alkyl halides is 3. The highest BCUT2D eigenvalue weighted by Gasteiger charge is 2.25. The lowest BCUT2D eigenvalue weighted by Crippen LogP contribution is -2.40. The van der Waals surface area contributed by atoms with E-state index >= 15 is 0 Å². The van der Waals surface area contributed by atoms with Gasteiger partial charge in [-0.15, -0.1) is 0 Å². The quantitative estimate of drug-likeness (QED) is 0.272. The van der Waals surface area contributed by atoms with E-state index in [0.717, 1.165) is 0 Å². The summed E-state index contributed by atoms with van der Waals surface area (Å²) in [6, 6.07) is -0.591.